The van der Waals surface area contributed by atoms with Gasteiger partial charge in [-0.2, -0.15) is 11.3 Å². The zero-order chi connectivity index (χ0) is 13.2. The number of hydrogen-bond donors (Lipinski definition) is 2. The van der Waals surface area contributed by atoms with Crippen LogP contribution >= 0.6 is 38.6 Å². The molecule has 0 bridgehead atoms. The number of thiophene rings is 2. The molecule has 0 saturated carbocycles. The maximum absolute atomic E-state index is 11.9. The summed E-state index contributed by atoms with van der Waals surface area (Å²) >= 11 is 6.20. The Bertz CT molecular complexity index is 534. The highest BCUT2D eigenvalue weighted by molar-refractivity contribution is 9.10. The van der Waals surface area contributed by atoms with Gasteiger partial charge in [-0.1, -0.05) is 0 Å². The summed E-state index contributed by atoms with van der Waals surface area (Å²) < 4.78 is 0.778. The second-order valence-corrected chi connectivity index (χ2v) is 6.62. The van der Waals surface area contributed by atoms with Crippen molar-refractivity contribution in [3.63, 3.8) is 0 Å². The minimum Gasteiger partial charge on any atom is -0.384 e. The van der Waals surface area contributed by atoms with Gasteiger partial charge in [0.15, 0.2) is 0 Å². The van der Waals surface area contributed by atoms with Crippen molar-refractivity contribution in [3.05, 3.63) is 43.2 Å². The lowest BCUT2D eigenvalue weighted by molar-refractivity contribution is 0.0531. The number of carbonyl (C=O) groups is 1. The third-order valence-electron chi connectivity index (χ3n) is 2.56. The molecular formula is C12H12BrNO2S2. The van der Waals surface area contributed by atoms with Gasteiger partial charge in [0.2, 0.25) is 0 Å². The molecule has 0 fully saturated rings. The van der Waals surface area contributed by atoms with Crippen LogP contribution in [-0.4, -0.2) is 17.6 Å². The minimum atomic E-state index is -1.04. The molecule has 0 spiro atoms. The van der Waals surface area contributed by atoms with E-state index in [1.807, 2.05) is 28.3 Å². The third-order valence-corrected chi connectivity index (χ3v) is 5.08. The maximum Gasteiger partial charge on any atom is 0.262 e. The zero-order valence-corrected chi connectivity index (χ0v) is 12.9. The van der Waals surface area contributed by atoms with Crippen molar-refractivity contribution in [1.82, 2.24) is 5.32 Å². The van der Waals surface area contributed by atoms with E-state index in [1.54, 1.807) is 6.92 Å². The second kappa shape index (κ2) is 5.52. The van der Waals surface area contributed by atoms with Gasteiger partial charge >= 0.3 is 0 Å². The molecule has 2 aromatic rings. The van der Waals surface area contributed by atoms with Crippen LogP contribution in [0.15, 0.2) is 32.7 Å². The molecule has 0 saturated heterocycles. The maximum atomic E-state index is 11.9. The average Bonchev–Trinajstić information content (AvgIpc) is 2.96. The first-order valence-corrected chi connectivity index (χ1v) is 7.88. The van der Waals surface area contributed by atoms with Crippen LogP contribution in [0, 0.1) is 0 Å². The standard InChI is InChI=1S/C12H12BrNO2S2/c1-12(16,8-2-4-17-6-8)7-14-11(15)10-9(13)3-5-18-10/h2-6,16H,7H2,1H3,(H,14,15). The summed E-state index contributed by atoms with van der Waals surface area (Å²) in [7, 11) is 0. The molecule has 0 aliphatic heterocycles. The van der Waals surface area contributed by atoms with Crippen LogP contribution in [0.4, 0.5) is 0 Å². The lowest BCUT2D eigenvalue weighted by atomic mass is 9.99. The highest BCUT2D eigenvalue weighted by Gasteiger charge is 2.25. The van der Waals surface area contributed by atoms with E-state index in [4.69, 9.17) is 0 Å². The van der Waals surface area contributed by atoms with E-state index >= 15 is 0 Å². The Morgan fingerprint density at radius 2 is 2.28 bits per heavy atom. The van der Waals surface area contributed by atoms with E-state index in [9.17, 15) is 9.90 Å². The lowest BCUT2D eigenvalue weighted by Gasteiger charge is -2.22. The Balaban J connectivity index is 2.00. The van der Waals surface area contributed by atoms with Crippen molar-refractivity contribution in [2.45, 2.75) is 12.5 Å². The number of amides is 1. The molecule has 6 heteroatoms. The molecule has 18 heavy (non-hydrogen) atoms. The molecule has 0 radical (unpaired) electrons. The molecule has 2 aromatic heterocycles. The molecule has 0 aromatic carbocycles. The van der Waals surface area contributed by atoms with Gasteiger partial charge in [0.1, 0.15) is 10.5 Å². The molecular weight excluding hydrogens is 334 g/mol. The Hall–Kier alpha value is -0.690. The van der Waals surface area contributed by atoms with Crippen molar-refractivity contribution < 1.29 is 9.90 Å². The molecule has 1 amide bonds. The first kappa shape index (κ1) is 13.7. The number of hydrogen-bond acceptors (Lipinski definition) is 4. The predicted octanol–water partition coefficient (Wildman–Crippen LogP) is 3.21. The van der Waals surface area contributed by atoms with Gasteiger partial charge in [0.05, 0.1) is 6.54 Å². The minimum absolute atomic E-state index is 0.174. The molecule has 3 nitrogen and oxygen atoms in total. The van der Waals surface area contributed by atoms with Gasteiger partial charge in [-0.05, 0) is 56.7 Å². The summed E-state index contributed by atoms with van der Waals surface area (Å²) in [5, 5.41) is 18.7. The number of aliphatic hydroxyl groups is 1. The molecule has 2 N–H and O–H groups in total. The molecule has 1 unspecified atom stereocenters. The summed E-state index contributed by atoms with van der Waals surface area (Å²) in [5.41, 5.74) is -0.225. The van der Waals surface area contributed by atoms with Crippen molar-refractivity contribution >= 4 is 44.5 Å². The smallest absolute Gasteiger partial charge is 0.262 e. The van der Waals surface area contributed by atoms with Crippen LogP contribution in [0.25, 0.3) is 0 Å². The number of rotatable bonds is 4. The van der Waals surface area contributed by atoms with E-state index in [0.29, 0.717) is 4.88 Å². The van der Waals surface area contributed by atoms with Crippen LogP contribution in [-0.2, 0) is 5.60 Å². The Morgan fingerprint density at radius 1 is 1.50 bits per heavy atom. The number of nitrogens with one attached hydrogen (secondary N) is 1. The zero-order valence-electron chi connectivity index (χ0n) is 9.64. The van der Waals surface area contributed by atoms with E-state index in [2.05, 4.69) is 21.2 Å². The van der Waals surface area contributed by atoms with Gasteiger partial charge in [-0.15, -0.1) is 11.3 Å². The molecule has 1 atom stereocenters. The van der Waals surface area contributed by atoms with Gasteiger partial charge < -0.3 is 10.4 Å². The molecule has 96 valence electrons. The van der Waals surface area contributed by atoms with E-state index in [-0.39, 0.29) is 12.5 Å². The third kappa shape index (κ3) is 3.00. The monoisotopic (exact) mass is 345 g/mol. The van der Waals surface area contributed by atoms with E-state index in [1.165, 1.54) is 22.7 Å². The van der Waals surface area contributed by atoms with Crippen LogP contribution in [0.5, 0.6) is 0 Å². The molecule has 2 rings (SSSR count). The molecule has 0 aliphatic carbocycles. The summed E-state index contributed by atoms with van der Waals surface area (Å²) in [6, 6.07) is 3.69. The summed E-state index contributed by atoms with van der Waals surface area (Å²) in [4.78, 5) is 12.5. The largest absolute Gasteiger partial charge is 0.384 e. The fourth-order valence-corrected chi connectivity index (χ4v) is 3.71. The highest BCUT2D eigenvalue weighted by Crippen LogP contribution is 2.24. The second-order valence-electron chi connectivity index (χ2n) is 4.07. The molecule has 2 heterocycles. The Kier molecular flexibility index (Phi) is 4.21. The van der Waals surface area contributed by atoms with Crippen molar-refractivity contribution in [2.75, 3.05) is 6.54 Å². The number of halogens is 1. The predicted molar refractivity (Wildman–Crippen MR) is 78.2 cm³/mol. The van der Waals surface area contributed by atoms with E-state index in [0.717, 1.165) is 10.0 Å². The Morgan fingerprint density at radius 3 is 2.83 bits per heavy atom. The normalized spacial score (nSPS) is 14.2. The van der Waals surface area contributed by atoms with Crippen molar-refractivity contribution in [3.8, 4) is 0 Å². The summed E-state index contributed by atoms with van der Waals surface area (Å²) in [5.74, 6) is -0.174. The van der Waals surface area contributed by atoms with Crippen LogP contribution in [0.1, 0.15) is 22.2 Å². The fraction of sp³-hybridized carbons (Fsp3) is 0.250. The topological polar surface area (TPSA) is 49.3 Å². The van der Waals surface area contributed by atoms with Gasteiger partial charge in [0, 0.05) is 4.47 Å². The fourth-order valence-electron chi connectivity index (χ4n) is 1.46. The van der Waals surface area contributed by atoms with Crippen LogP contribution in [0.3, 0.4) is 0 Å². The Labute approximate surface area is 122 Å². The van der Waals surface area contributed by atoms with Gasteiger partial charge in [-0.3, -0.25) is 4.79 Å². The lowest BCUT2D eigenvalue weighted by Crippen LogP contribution is -2.38. The van der Waals surface area contributed by atoms with Gasteiger partial charge in [0.25, 0.3) is 5.91 Å². The van der Waals surface area contributed by atoms with Gasteiger partial charge in [-0.25, -0.2) is 0 Å². The first-order valence-electron chi connectivity index (χ1n) is 5.27. The summed E-state index contributed by atoms with van der Waals surface area (Å²) in [6.07, 6.45) is 0. The van der Waals surface area contributed by atoms with Crippen molar-refractivity contribution in [2.24, 2.45) is 0 Å². The summed E-state index contributed by atoms with van der Waals surface area (Å²) in [6.45, 7) is 1.88. The van der Waals surface area contributed by atoms with Crippen molar-refractivity contribution in [1.29, 1.82) is 0 Å². The SMILES string of the molecule is CC(O)(CNC(=O)c1sccc1Br)c1ccsc1. The quantitative estimate of drug-likeness (QED) is 0.893. The number of carbonyl (C=O) groups excluding carboxylic acids is 1. The molecule has 0 aliphatic rings. The van der Waals surface area contributed by atoms with E-state index < -0.39 is 5.60 Å². The highest BCUT2D eigenvalue weighted by atomic mass is 79.9. The van der Waals surface area contributed by atoms with Crippen LogP contribution in [0.2, 0.25) is 0 Å². The van der Waals surface area contributed by atoms with Crippen LogP contribution < -0.4 is 5.32 Å². The average molecular weight is 346 g/mol. The first-order chi connectivity index (χ1) is 8.50.